The first-order chi connectivity index (χ1) is 12.7. The zero-order valence-corrected chi connectivity index (χ0v) is 17.8. The smallest absolute Gasteiger partial charge is 0.244 e. The van der Waals surface area contributed by atoms with Crippen LogP contribution in [0.15, 0.2) is 35.2 Å². The summed E-state index contributed by atoms with van der Waals surface area (Å²) in [6, 6.07) is 6.85. The molecule has 2 aromatic rings. The first kappa shape index (κ1) is 21.1. The molecule has 0 spiro atoms. The van der Waals surface area contributed by atoms with E-state index >= 15 is 0 Å². The molecule has 4 nitrogen and oxygen atoms in total. The van der Waals surface area contributed by atoms with Crippen LogP contribution in [0.4, 0.5) is 4.39 Å². The molecule has 0 unspecified atom stereocenters. The Morgan fingerprint density at radius 2 is 1.48 bits per heavy atom. The molecule has 10 heteroatoms. The molecule has 1 aliphatic heterocycles. The van der Waals surface area contributed by atoms with Crippen LogP contribution in [0.1, 0.15) is 5.56 Å². The van der Waals surface area contributed by atoms with E-state index in [-0.39, 0.29) is 33.1 Å². The van der Waals surface area contributed by atoms with Gasteiger partial charge in [0.25, 0.3) is 0 Å². The lowest BCUT2D eigenvalue weighted by atomic mass is 10.2. The maximum absolute atomic E-state index is 13.2. The summed E-state index contributed by atoms with van der Waals surface area (Å²) in [6.45, 7) is 2.10. The van der Waals surface area contributed by atoms with Gasteiger partial charge in [0, 0.05) is 37.7 Å². The molecule has 1 saturated heterocycles. The topological polar surface area (TPSA) is 40.6 Å². The number of rotatable bonds is 4. The van der Waals surface area contributed by atoms with E-state index in [1.807, 2.05) is 0 Å². The fourth-order valence-electron chi connectivity index (χ4n) is 2.86. The van der Waals surface area contributed by atoms with Gasteiger partial charge in [0.2, 0.25) is 10.0 Å². The average molecular weight is 472 g/mol. The highest BCUT2D eigenvalue weighted by atomic mass is 35.5. The van der Waals surface area contributed by atoms with E-state index < -0.39 is 15.8 Å². The molecule has 0 saturated carbocycles. The molecule has 0 atom stereocenters. The minimum absolute atomic E-state index is 0.0323. The number of nitrogens with zero attached hydrogens (tertiary/aromatic N) is 2. The average Bonchev–Trinajstić information content (AvgIpc) is 2.61. The SMILES string of the molecule is O=S(=O)(c1cc(Cl)c(Cl)cc1Cl)N1CCN(Cc2ccc(F)cc2Cl)CC1. The van der Waals surface area contributed by atoms with Crippen molar-refractivity contribution in [2.75, 3.05) is 26.2 Å². The van der Waals surface area contributed by atoms with Gasteiger partial charge >= 0.3 is 0 Å². The van der Waals surface area contributed by atoms with Crippen molar-refractivity contribution in [1.82, 2.24) is 9.21 Å². The van der Waals surface area contributed by atoms with Crippen LogP contribution in [0.3, 0.4) is 0 Å². The summed E-state index contributed by atoms with van der Waals surface area (Å²) >= 11 is 24.0. The molecule has 0 radical (unpaired) electrons. The van der Waals surface area contributed by atoms with Crippen molar-refractivity contribution < 1.29 is 12.8 Å². The second-order valence-electron chi connectivity index (χ2n) is 6.11. The second kappa shape index (κ2) is 8.41. The maximum atomic E-state index is 13.2. The zero-order valence-electron chi connectivity index (χ0n) is 13.9. The second-order valence-corrected chi connectivity index (χ2v) is 9.65. The van der Waals surface area contributed by atoms with E-state index in [1.54, 1.807) is 6.07 Å². The Bertz CT molecular complexity index is 964. The Morgan fingerprint density at radius 1 is 0.852 bits per heavy atom. The number of hydrogen-bond acceptors (Lipinski definition) is 3. The molecule has 0 N–H and O–H groups in total. The largest absolute Gasteiger partial charge is 0.296 e. The van der Waals surface area contributed by atoms with E-state index in [4.69, 9.17) is 46.4 Å². The van der Waals surface area contributed by atoms with Gasteiger partial charge in [-0.05, 0) is 29.8 Å². The minimum Gasteiger partial charge on any atom is -0.296 e. The van der Waals surface area contributed by atoms with Crippen molar-refractivity contribution in [2.24, 2.45) is 0 Å². The Hall–Kier alpha value is -0.600. The molecule has 2 aromatic carbocycles. The Labute approximate surface area is 177 Å². The van der Waals surface area contributed by atoms with Crippen LogP contribution in [0.25, 0.3) is 0 Å². The highest BCUT2D eigenvalue weighted by molar-refractivity contribution is 7.89. The molecule has 1 aliphatic rings. The lowest BCUT2D eigenvalue weighted by molar-refractivity contribution is 0.181. The van der Waals surface area contributed by atoms with Crippen molar-refractivity contribution in [2.45, 2.75) is 11.4 Å². The molecule has 1 heterocycles. The molecule has 0 amide bonds. The predicted octanol–water partition coefficient (Wildman–Crippen LogP) is 4.95. The van der Waals surface area contributed by atoms with Crippen LogP contribution in [-0.2, 0) is 16.6 Å². The molecular formula is C17H15Cl4FN2O2S. The standard InChI is InChI=1S/C17H15Cl4FN2O2S/c18-13-7-12(22)2-1-11(13)10-23-3-5-24(6-4-23)27(25,26)17-9-15(20)14(19)8-16(17)21/h1-2,7-9H,3-6,10H2. The quantitative estimate of drug-likeness (QED) is 0.592. The van der Waals surface area contributed by atoms with Crippen molar-refractivity contribution in [3.8, 4) is 0 Å². The van der Waals surface area contributed by atoms with Crippen molar-refractivity contribution in [3.63, 3.8) is 0 Å². The van der Waals surface area contributed by atoms with E-state index in [2.05, 4.69) is 4.90 Å². The van der Waals surface area contributed by atoms with Crippen molar-refractivity contribution in [1.29, 1.82) is 0 Å². The summed E-state index contributed by atoms with van der Waals surface area (Å²) in [5.41, 5.74) is 0.793. The third-order valence-corrected chi connectivity index (χ3v) is 7.77. The van der Waals surface area contributed by atoms with Gasteiger partial charge in [0.15, 0.2) is 0 Å². The Balaban J connectivity index is 1.70. The lowest BCUT2D eigenvalue weighted by Gasteiger charge is -2.34. The van der Waals surface area contributed by atoms with Crippen LogP contribution in [0, 0.1) is 5.82 Å². The summed E-state index contributed by atoms with van der Waals surface area (Å²) in [5, 5.41) is 0.711. The van der Waals surface area contributed by atoms with Gasteiger partial charge in [0.05, 0.1) is 15.1 Å². The molecule has 0 aliphatic carbocycles. The fourth-order valence-corrected chi connectivity index (χ4v) is 5.49. The zero-order chi connectivity index (χ0) is 19.8. The van der Waals surface area contributed by atoms with Gasteiger partial charge in [-0.2, -0.15) is 4.31 Å². The number of halogens is 5. The minimum atomic E-state index is -3.79. The molecule has 3 rings (SSSR count). The van der Waals surface area contributed by atoms with Gasteiger partial charge in [-0.25, -0.2) is 12.8 Å². The van der Waals surface area contributed by atoms with Gasteiger partial charge in [0.1, 0.15) is 10.7 Å². The molecule has 27 heavy (non-hydrogen) atoms. The van der Waals surface area contributed by atoms with E-state index in [1.165, 1.54) is 28.6 Å². The Kier molecular flexibility index (Phi) is 6.58. The number of benzene rings is 2. The number of sulfonamides is 1. The molecular weight excluding hydrogens is 457 g/mol. The third-order valence-electron chi connectivity index (χ3n) is 4.33. The highest BCUT2D eigenvalue weighted by Gasteiger charge is 2.31. The van der Waals surface area contributed by atoms with Gasteiger partial charge < -0.3 is 0 Å². The summed E-state index contributed by atoms with van der Waals surface area (Å²) in [5.74, 6) is -0.391. The number of hydrogen-bond donors (Lipinski definition) is 0. The van der Waals surface area contributed by atoms with E-state index in [9.17, 15) is 12.8 Å². The lowest BCUT2D eigenvalue weighted by Crippen LogP contribution is -2.48. The van der Waals surface area contributed by atoms with Gasteiger partial charge in [-0.3, -0.25) is 4.90 Å². The first-order valence-corrected chi connectivity index (χ1v) is 10.9. The van der Waals surface area contributed by atoms with Gasteiger partial charge in [-0.1, -0.05) is 52.5 Å². The normalized spacial score (nSPS) is 16.6. The highest BCUT2D eigenvalue weighted by Crippen LogP contribution is 2.33. The predicted molar refractivity (Wildman–Crippen MR) is 107 cm³/mol. The van der Waals surface area contributed by atoms with E-state index in [0.717, 1.165) is 5.56 Å². The van der Waals surface area contributed by atoms with Crippen molar-refractivity contribution >= 4 is 56.4 Å². The third kappa shape index (κ3) is 4.70. The van der Waals surface area contributed by atoms with Crippen LogP contribution in [0.5, 0.6) is 0 Å². The van der Waals surface area contributed by atoms with Crippen LogP contribution >= 0.6 is 46.4 Å². The summed E-state index contributed by atoms with van der Waals surface area (Å²) in [7, 11) is -3.79. The summed E-state index contributed by atoms with van der Waals surface area (Å²) < 4.78 is 40.3. The maximum Gasteiger partial charge on any atom is 0.244 e. The molecule has 146 valence electrons. The molecule has 1 fully saturated rings. The van der Waals surface area contributed by atoms with Crippen LogP contribution in [-0.4, -0.2) is 43.8 Å². The first-order valence-electron chi connectivity index (χ1n) is 7.99. The molecule has 0 aromatic heterocycles. The summed E-state index contributed by atoms with van der Waals surface area (Å²) in [4.78, 5) is 2.00. The van der Waals surface area contributed by atoms with Crippen molar-refractivity contribution in [3.05, 3.63) is 61.8 Å². The van der Waals surface area contributed by atoms with E-state index in [0.29, 0.717) is 24.7 Å². The van der Waals surface area contributed by atoms with Gasteiger partial charge in [-0.15, -0.1) is 0 Å². The Morgan fingerprint density at radius 3 is 2.11 bits per heavy atom. The van der Waals surface area contributed by atoms with Crippen LogP contribution in [0.2, 0.25) is 20.1 Å². The van der Waals surface area contributed by atoms with Crippen LogP contribution < -0.4 is 0 Å². The molecule has 0 bridgehead atoms. The fraction of sp³-hybridized carbons (Fsp3) is 0.294. The monoisotopic (exact) mass is 470 g/mol. The summed E-state index contributed by atoms with van der Waals surface area (Å²) in [6.07, 6.45) is 0. The number of piperazine rings is 1.